The number of rotatable bonds is 0. The van der Waals surface area contributed by atoms with Crippen LogP contribution in [0.2, 0.25) is 5.02 Å². The molecule has 0 unspecified atom stereocenters. The van der Waals surface area contributed by atoms with Gasteiger partial charge in [-0.05, 0) is 43.9 Å². The average molecular weight is 318 g/mol. The summed E-state index contributed by atoms with van der Waals surface area (Å²) >= 11 is 6.07. The predicted octanol–water partition coefficient (Wildman–Crippen LogP) is 5.40. The summed E-state index contributed by atoms with van der Waals surface area (Å²) in [5.41, 5.74) is 3.25. The van der Waals surface area contributed by atoms with E-state index in [1.54, 1.807) is 6.07 Å². The summed E-state index contributed by atoms with van der Waals surface area (Å²) in [6, 6.07) is 5.57. The fourth-order valence-electron chi connectivity index (χ4n) is 3.49. The van der Waals surface area contributed by atoms with Gasteiger partial charge in [0, 0.05) is 27.2 Å². The van der Waals surface area contributed by atoms with Crippen LogP contribution in [0.4, 0.5) is 0 Å². The first-order valence-corrected chi connectivity index (χ1v) is 8.97. The fourth-order valence-corrected chi connectivity index (χ4v) is 3.67. The number of halogens is 1. The molecule has 1 aromatic heterocycles. The topological polar surface area (TPSA) is 32.9 Å². The van der Waals surface area contributed by atoms with Gasteiger partial charge in [-0.25, -0.2) is 0 Å². The van der Waals surface area contributed by atoms with Crippen LogP contribution >= 0.6 is 11.6 Å². The summed E-state index contributed by atoms with van der Waals surface area (Å²) in [6.07, 6.45) is 12.0. The van der Waals surface area contributed by atoms with Gasteiger partial charge in [-0.3, -0.25) is 4.79 Å². The minimum Gasteiger partial charge on any atom is -0.358 e. The number of pyridine rings is 1. The summed E-state index contributed by atoms with van der Waals surface area (Å²) in [7, 11) is 0. The number of H-pyrrole nitrogens is 1. The Bertz CT molecular complexity index is 704. The molecule has 0 saturated heterocycles. The van der Waals surface area contributed by atoms with E-state index in [9.17, 15) is 4.79 Å². The van der Waals surface area contributed by atoms with Crippen molar-refractivity contribution < 1.29 is 0 Å². The second-order valence-electron chi connectivity index (χ2n) is 6.43. The van der Waals surface area contributed by atoms with Crippen LogP contribution in [0.5, 0.6) is 0 Å². The highest BCUT2D eigenvalue weighted by Gasteiger charge is 2.12. The standard InChI is InChI=1S/C19H24ClNO/c20-14-11-12-18-16(13-14)19(22)15-9-7-5-3-1-2-4-6-8-10-17(15)21-18/h11-13H,1-10H2,(H,21,22). The van der Waals surface area contributed by atoms with Crippen LogP contribution in [0.25, 0.3) is 10.9 Å². The Morgan fingerprint density at radius 1 is 0.864 bits per heavy atom. The highest BCUT2D eigenvalue weighted by Crippen LogP contribution is 2.21. The van der Waals surface area contributed by atoms with Crippen molar-refractivity contribution >= 4 is 22.5 Å². The average Bonchev–Trinajstić information content (AvgIpc) is 2.50. The van der Waals surface area contributed by atoms with Crippen molar-refractivity contribution in [2.45, 2.75) is 64.2 Å². The molecular formula is C19H24ClNO. The van der Waals surface area contributed by atoms with Crippen LogP contribution in [0.3, 0.4) is 0 Å². The Morgan fingerprint density at radius 2 is 1.50 bits per heavy atom. The smallest absolute Gasteiger partial charge is 0.192 e. The molecule has 3 rings (SSSR count). The molecule has 0 amide bonds. The van der Waals surface area contributed by atoms with Gasteiger partial charge in [0.05, 0.1) is 0 Å². The van der Waals surface area contributed by atoms with Crippen LogP contribution in [-0.2, 0) is 12.8 Å². The molecule has 1 N–H and O–H groups in total. The summed E-state index contributed by atoms with van der Waals surface area (Å²) in [4.78, 5) is 16.4. The summed E-state index contributed by atoms with van der Waals surface area (Å²) in [5.74, 6) is 0. The van der Waals surface area contributed by atoms with Crippen molar-refractivity contribution in [1.29, 1.82) is 0 Å². The first-order valence-electron chi connectivity index (χ1n) is 8.59. The molecule has 1 heterocycles. The summed E-state index contributed by atoms with van der Waals surface area (Å²) in [6.45, 7) is 0. The monoisotopic (exact) mass is 317 g/mol. The van der Waals surface area contributed by atoms with Crippen molar-refractivity contribution in [1.82, 2.24) is 4.98 Å². The van der Waals surface area contributed by atoms with Crippen LogP contribution in [-0.4, -0.2) is 4.98 Å². The van der Waals surface area contributed by atoms with E-state index in [2.05, 4.69) is 4.98 Å². The molecule has 0 radical (unpaired) electrons. The van der Waals surface area contributed by atoms with E-state index in [1.807, 2.05) is 12.1 Å². The van der Waals surface area contributed by atoms with Crippen LogP contribution < -0.4 is 5.43 Å². The second-order valence-corrected chi connectivity index (χ2v) is 6.87. The third kappa shape index (κ3) is 3.55. The molecule has 1 aliphatic carbocycles. The Kier molecular flexibility index (Phi) is 5.20. The molecular weight excluding hydrogens is 294 g/mol. The zero-order valence-electron chi connectivity index (χ0n) is 13.1. The molecule has 0 saturated carbocycles. The van der Waals surface area contributed by atoms with Gasteiger partial charge in [-0.15, -0.1) is 0 Å². The van der Waals surface area contributed by atoms with Gasteiger partial charge in [-0.2, -0.15) is 0 Å². The van der Waals surface area contributed by atoms with Gasteiger partial charge in [0.25, 0.3) is 0 Å². The third-order valence-electron chi connectivity index (χ3n) is 4.75. The van der Waals surface area contributed by atoms with E-state index in [4.69, 9.17) is 11.6 Å². The minimum absolute atomic E-state index is 0.184. The van der Waals surface area contributed by atoms with Crippen LogP contribution in [0.15, 0.2) is 23.0 Å². The van der Waals surface area contributed by atoms with E-state index >= 15 is 0 Å². The molecule has 22 heavy (non-hydrogen) atoms. The van der Waals surface area contributed by atoms with Crippen molar-refractivity contribution in [2.24, 2.45) is 0 Å². The molecule has 0 fully saturated rings. The molecule has 3 heteroatoms. The zero-order chi connectivity index (χ0) is 15.4. The third-order valence-corrected chi connectivity index (χ3v) is 4.99. The number of nitrogens with one attached hydrogen (secondary N) is 1. The number of hydrogen-bond acceptors (Lipinski definition) is 1. The first-order chi connectivity index (χ1) is 10.8. The highest BCUT2D eigenvalue weighted by molar-refractivity contribution is 6.31. The maximum atomic E-state index is 12.9. The molecule has 2 aromatic rings. The highest BCUT2D eigenvalue weighted by atomic mass is 35.5. The van der Waals surface area contributed by atoms with E-state index in [0.717, 1.165) is 41.4 Å². The van der Waals surface area contributed by atoms with E-state index in [0.29, 0.717) is 5.02 Å². The SMILES string of the molecule is O=c1c2c([nH]c3ccc(Cl)cc13)CCCCCCCCCC2. The molecule has 1 aromatic carbocycles. The van der Waals surface area contributed by atoms with E-state index < -0.39 is 0 Å². The molecule has 2 nitrogen and oxygen atoms in total. The summed E-state index contributed by atoms with van der Waals surface area (Å²) in [5, 5.41) is 1.37. The number of hydrogen-bond donors (Lipinski definition) is 1. The molecule has 0 bridgehead atoms. The summed E-state index contributed by atoms with van der Waals surface area (Å²) < 4.78 is 0. The molecule has 0 atom stereocenters. The van der Waals surface area contributed by atoms with Gasteiger partial charge < -0.3 is 4.98 Å². The Morgan fingerprint density at radius 3 is 2.23 bits per heavy atom. The van der Waals surface area contributed by atoms with Crippen molar-refractivity contribution in [2.75, 3.05) is 0 Å². The molecule has 0 spiro atoms. The largest absolute Gasteiger partial charge is 0.358 e. The number of benzene rings is 1. The van der Waals surface area contributed by atoms with Crippen LogP contribution in [0, 0.1) is 0 Å². The minimum atomic E-state index is 0.184. The predicted molar refractivity (Wildman–Crippen MR) is 93.9 cm³/mol. The number of aromatic amines is 1. The lowest BCUT2D eigenvalue weighted by Gasteiger charge is -2.13. The maximum Gasteiger partial charge on any atom is 0.192 e. The lowest BCUT2D eigenvalue weighted by Crippen LogP contribution is -2.15. The first kappa shape index (κ1) is 15.6. The van der Waals surface area contributed by atoms with Crippen molar-refractivity contribution in [3.8, 4) is 0 Å². The lowest BCUT2D eigenvalue weighted by atomic mass is 9.96. The molecule has 118 valence electrons. The molecule has 0 aliphatic heterocycles. The van der Waals surface area contributed by atoms with E-state index in [-0.39, 0.29) is 5.43 Å². The van der Waals surface area contributed by atoms with E-state index in [1.165, 1.54) is 44.9 Å². The van der Waals surface area contributed by atoms with Gasteiger partial charge in [-0.1, -0.05) is 50.1 Å². The Balaban J connectivity index is 2.01. The lowest BCUT2D eigenvalue weighted by molar-refractivity contribution is 0.557. The normalized spacial score (nSPS) is 17.5. The Hall–Kier alpha value is -1.28. The van der Waals surface area contributed by atoms with Gasteiger partial charge in [0.1, 0.15) is 0 Å². The number of fused-ring (bicyclic) bond motifs is 2. The second kappa shape index (κ2) is 7.32. The zero-order valence-corrected chi connectivity index (χ0v) is 13.8. The molecule has 1 aliphatic rings. The Labute approximate surface area is 136 Å². The number of aromatic nitrogens is 1. The number of aryl methyl sites for hydroxylation is 1. The van der Waals surface area contributed by atoms with Crippen LogP contribution in [0.1, 0.15) is 62.6 Å². The van der Waals surface area contributed by atoms with Crippen molar-refractivity contribution in [3.05, 3.63) is 44.7 Å². The maximum absolute atomic E-state index is 12.9. The quantitative estimate of drug-likeness (QED) is 0.693. The fraction of sp³-hybridized carbons (Fsp3) is 0.526. The van der Waals surface area contributed by atoms with Gasteiger partial charge in [0.2, 0.25) is 0 Å². The van der Waals surface area contributed by atoms with Crippen molar-refractivity contribution in [3.63, 3.8) is 0 Å². The van der Waals surface area contributed by atoms with Gasteiger partial charge in [0.15, 0.2) is 5.43 Å². The van der Waals surface area contributed by atoms with Gasteiger partial charge >= 0.3 is 0 Å².